The van der Waals surface area contributed by atoms with E-state index in [0.717, 1.165) is 11.4 Å². The molecule has 1 unspecified atom stereocenters. The number of aryl methyl sites for hydroxylation is 1. The van der Waals surface area contributed by atoms with Crippen molar-refractivity contribution in [2.45, 2.75) is 19.9 Å². The number of hydrogen-bond acceptors (Lipinski definition) is 4. The van der Waals surface area contributed by atoms with Gasteiger partial charge >= 0.3 is 0 Å². The van der Waals surface area contributed by atoms with Crippen LogP contribution in [0.2, 0.25) is 0 Å². The summed E-state index contributed by atoms with van der Waals surface area (Å²) in [6.07, 6.45) is 1.83. The molecular formula is C12H15N3S. The Morgan fingerprint density at radius 3 is 2.62 bits per heavy atom. The molecule has 0 saturated carbocycles. The van der Waals surface area contributed by atoms with Crippen LogP contribution in [0.4, 0.5) is 0 Å². The van der Waals surface area contributed by atoms with Crippen LogP contribution in [0.25, 0.3) is 0 Å². The summed E-state index contributed by atoms with van der Waals surface area (Å²) in [5.41, 5.74) is 2.54. The zero-order valence-corrected chi connectivity index (χ0v) is 10.3. The van der Waals surface area contributed by atoms with Crippen molar-refractivity contribution in [1.82, 2.24) is 14.9 Å². The van der Waals surface area contributed by atoms with Crippen molar-refractivity contribution in [1.29, 1.82) is 0 Å². The maximum absolute atomic E-state index is 3.92. The Balaban J connectivity index is 2.29. The smallest absolute Gasteiger partial charge is 0.0703 e. The number of nitrogens with zero attached hydrogens (tertiary/aromatic N) is 2. The lowest BCUT2D eigenvalue weighted by Gasteiger charge is -2.15. The van der Waals surface area contributed by atoms with Crippen LogP contribution in [-0.2, 0) is 0 Å². The Morgan fingerprint density at radius 2 is 2.06 bits per heavy atom. The zero-order chi connectivity index (χ0) is 11.4. The van der Waals surface area contributed by atoms with E-state index in [0.29, 0.717) is 0 Å². The molecule has 0 aliphatic heterocycles. The van der Waals surface area contributed by atoms with Gasteiger partial charge in [0.2, 0.25) is 0 Å². The molecule has 1 atom stereocenters. The highest BCUT2D eigenvalue weighted by atomic mass is 32.1. The minimum atomic E-state index is 0.214. The minimum absolute atomic E-state index is 0.214. The lowest BCUT2D eigenvalue weighted by atomic mass is 10.0. The van der Waals surface area contributed by atoms with Crippen molar-refractivity contribution in [3.8, 4) is 0 Å². The molecule has 1 aromatic carbocycles. The summed E-state index contributed by atoms with van der Waals surface area (Å²) in [4.78, 5) is 1.16. The first-order chi connectivity index (χ1) is 7.81. The van der Waals surface area contributed by atoms with Gasteiger partial charge in [-0.3, -0.25) is 0 Å². The molecule has 0 radical (unpaired) electrons. The Kier molecular flexibility index (Phi) is 3.64. The molecule has 0 spiro atoms. The lowest BCUT2D eigenvalue weighted by molar-refractivity contribution is 0.638. The summed E-state index contributed by atoms with van der Waals surface area (Å²) in [5.74, 6) is 0. The van der Waals surface area contributed by atoms with Gasteiger partial charge < -0.3 is 5.32 Å². The van der Waals surface area contributed by atoms with Crippen LogP contribution in [0.15, 0.2) is 30.5 Å². The number of benzene rings is 1. The minimum Gasteiger partial charge on any atom is -0.306 e. The highest BCUT2D eigenvalue weighted by molar-refractivity contribution is 7.05. The highest BCUT2D eigenvalue weighted by Crippen LogP contribution is 2.23. The SMILES string of the molecule is CCNC(c1ccc(C)cc1)c1cnns1. The van der Waals surface area contributed by atoms with Crippen LogP contribution in [-0.4, -0.2) is 16.1 Å². The molecule has 4 heteroatoms. The summed E-state index contributed by atoms with van der Waals surface area (Å²) in [7, 11) is 0. The first-order valence-electron chi connectivity index (χ1n) is 5.38. The van der Waals surface area contributed by atoms with Crippen LogP contribution in [0.3, 0.4) is 0 Å². The van der Waals surface area contributed by atoms with Crippen molar-refractivity contribution in [2.75, 3.05) is 6.54 Å². The second-order valence-electron chi connectivity index (χ2n) is 3.72. The molecule has 16 heavy (non-hydrogen) atoms. The van der Waals surface area contributed by atoms with E-state index in [9.17, 15) is 0 Å². The fourth-order valence-corrected chi connectivity index (χ4v) is 2.26. The zero-order valence-electron chi connectivity index (χ0n) is 9.47. The molecule has 1 heterocycles. The summed E-state index contributed by atoms with van der Waals surface area (Å²) < 4.78 is 3.92. The van der Waals surface area contributed by atoms with E-state index >= 15 is 0 Å². The largest absolute Gasteiger partial charge is 0.306 e. The topological polar surface area (TPSA) is 37.8 Å². The van der Waals surface area contributed by atoms with Gasteiger partial charge in [-0.15, -0.1) is 5.10 Å². The van der Waals surface area contributed by atoms with Gasteiger partial charge in [-0.05, 0) is 30.6 Å². The average Bonchev–Trinajstić information content (AvgIpc) is 2.81. The summed E-state index contributed by atoms with van der Waals surface area (Å²) in [6.45, 7) is 5.13. The molecule has 0 bridgehead atoms. The van der Waals surface area contributed by atoms with Crippen molar-refractivity contribution in [2.24, 2.45) is 0 Å². The maximum Gasteiger partial charge on any atom is 0.0703 e. The third kappa shape index (κ3) is 2.46. The van der Waals surface area contributed by atoms with Gasteiger partial charge in [-0.2, -0.15) is 0 Å². The first-order valence-corrected chi connectivity index (χ1v) is 6.16. The maximum atomic E-state index is 3.92. The van der Waals surface area contributed by atoms with Crippen molar-refractivity contribution in [3.63, 3.8) is 0 Å². The molecule has 0 amide bonds. The fraction of sp³-hybridized carbons (Fsp3) is 0.333. The van der Waals surface area contributed by atoms with Gasteiger partial charge in [0.1, 0.15) is 0 Å². The van der Waals surface area contributed by atoms with E-state index in [1.165, 1.54) is 22.7 Å². The van der Waals surface area contributed by atoms with Crippen LogP contribution < -0.4 is 5.32 Å². The third-order valence-electron chi connectivity index (χ3n) is 2.48. The van der Waals surface area contributed by atoms with Gasteiger partial charge in [0.05, 0.1) is 17.1 Å². The average molecular weight is 233 g/mol. The Bertz CT molecular complexity index is 422. The third-order valence-corrected chi connectivity index (χ3v) is 3.21. The van der Waals surface area contributed by atoms with Crippen LogP contribution in [0.5, 0.6) is 0 Å². The number of rotatable bonds is 4. The first kappa shape index (κ1) is 11.2. The van der Waals surface area contributed by atoms with E-state index in [1.54, 1.807) is 0 Å². The van der Waals surface area contributed by atoms with Crippen LogP contribution >= 0.6 is 11.5 Å². The Labute approximate surface area is 99.7 Å². The molecule has 0 fully saturated rings. The molecule has 1 aromatic heterocycles. The number of nitrogens with one attached hydrogen (secondary N) is 1. The number of aromatic nitrogens is 2. The quantitative estimate of drug-likeness (QED) is 0.882. The van der Waals surface area contributed by atoms with Gasteiger partial charge in [0.15, 0.2) is 0 Å². The predicted octanol–water partition coefficient (Wildman–Crippen LogP) is 2.55. The Morgan fingerprint density at radius 1 is 1.31 bits per heavy atom. The molecule has 0 saturated heterocycles. The van der Waals surface area contributed by atoms with Gasteiger partial charge in [-0.25, -0.2) is 0 Å². The van der Waals surface area contributed by atoms with Crippen LogP contribution in [0.1, 0.15) is 29.0 Å². The molecule has 0 aliphatic rings. The van der Waals surface area contributed by atoms with E-state index in [2.05, 4.69) is 53.0 Å². The standard InChI is InChI=1S/C12H15N3S/c1-3-13-12(11-8-14-15-16-11)10-6-4-9(2)5-7-10/h4-8,12-13H,3H2,1-2H3. The molecule has 3 nitrogen and oxygen atoms in total. The molecule has 0 aliphatic carbocycles. The van der Waals surface area contributed by atoms with E-state index in [-0.39, 0.29) is 6.04 Å². The highest BCUT2D eigenvalue weighted by Gasteiger charge is 2.14. The fourth-order valence-electron chi connectivity index (χ4n) is 1.65. The second kappa shape index (κ2) is 5.18. The summed E-state index contributed by atoms with van der Waals surface area (Å²) >= 11 is 1.45. The van der Waals surface area contributed by atoms with Crippen molar-refractivity contribution < 1.29 is 0 Å². The van der Waals surface area contributed by atoms with Gasteiger partial charge in [-0.1, -0.05) is 41.2 Å². The molecule has 2 aromatic rings. The molecular weight excluding hydrogens is 218 g/mol. The van der Waals surface area contributed by atoms with Gasteiger partial charge in [0.25, 0.3) is 0 Å². The monoisotopic (exact) mass is 233 g/mol. The summed E-state index contributed by atoms with van der Waals surface area (Å²) in [6, 6.07) is 8.79. The predicted molar refractivity (Wildman–Crippen MR) is 66.6 cm³/mol. The number of hydrogen-bond donors (Lipinski definition) is 1. The second-order valence-corrected chi connectivity index (χ2v) is 4.54. The van der Waals surface area contributed by atoms with E-state index in [1.807, 2.05) is 6.20 Å². The molecule has 84 valence electrons. The Hall–Kier alpha value is -1.26. The van der Waals surface area contributed by atoms with Crippen LogP contribution in [0, 0.1) is 6.92 Å². The molecule has 2 rings (SSSR count). The lowest BCUT2D eigenvalue weighted by Crippen LogP contribution is -2.21. The van der Waals surface area contributed by atoms with E-state index < -0.39 is 0 Å². The normalized spacial score (nSPS) is 12.6. The van der Waals surface area contributed by atoms with E-state index in [4.69, 9.17) is 0 Å². The van der Waals surface area contributed by atoms with Gasteiger partial charge in [0, 0.05) is 0 Å². The van der Waals surface area contributed by atoms with Crippen molar-refractivity contribution in [3.05, 3.63) is 46.5 Å². The summed E-state index contributed by atoms with van der Waals surface area (Å²) in [5, 5.41) is 7.35. The van der Waals surface area contributed by atoms with Crippen molar-refractivity contribution >= 4 is 11.5 Å². The molecule has 1 N–H and O–H groups in total.